The van der Waals surface area contributed by atoms with E-state index in [9.17, 15) is 14.3 Å². The molecule has 0 fully saturated rings. The van der Waals surface area contributed by atoms with E-state index in [0.717, 1.165) is 11.1 Å². The van der Waals surface area contributed by atoms with Crippen molar-refractivity contribution in [1.29, 1.82) is 0 Å². The molecular weight excluding hydrogens is 367 g/mol. The van der Waals surface area contributed by atoms with Gasteiger partial charge in [0.25, 0.3) is 0 Å². The van der Waals surface area contributed by atoms with Crippen molar-refractivity contribution < 1.29 is 14.3 Å². The fourth-order valence-corrected chi connectivity index (χ4v) is 3.29. The highest BCUT2D eigenvalue weighted by Crippen LogP contribution is 2.24. The lowest BCUT2D eigenvalue weighted by molar-refractivity contribution is -0.126. The zero-order valence-electron chi connectivity index (χ0n) is 17.4. The van der Waals surface area contributed by atoms with Gasteiger partial charge in [0.2, 0.25) is 5.91 Å². The number of carbonyl (C=O) groups excluding carboxylic acids is 1. The van der Waals surface area contributed by atoms with E-state index in [1.165, 1.54) is 13.8 Å². The summed E-state index contributed by atoms with van der Waals surface area (Å²) in [6, 6.07) is 18.8. The molecule has 158 valence electrons. The van der Waals surface area contributed by atoms with E-state index in [1.54, 1.807) is 0 Å². The minimum absolute atomic E-state index is 0.177. The fraction of sp³-hybridized carbons (Fsp3) is 0.458. The van der Waals surface area contributed by atoms with E-state index in [1.807, 2.05) is 60.7 Å². The number of carbonyl (C=O) groups is 1. The fourth-order valence-electron chi connectivity index (χ4n) is 3.29. The first kappa shape index (κ1) is 23.0. The van der Waals surface area contributed by atoms with Gasteiger partial charge in [0.15, 0.2) is 0 Å². The molecule has 0 heterocycles. The number of rotatable bonds is 11. The summed E-state index contributed by atoms with van der Waals surface area (Å²) in [7, 11) is 0. The second kappa shape index (κ2) is 11.1. The third-order valence-corrected chi connectivity index (χ3v) is 5.10. The number of hydrogen-bond donors (Lipinski definition) is 3. The van der Waals surface area contributed by atoms with Crippen molar-refractivity contribution in [3.63, 3.8) is 0 Å². The molecule has 0 aromatic heterocycles. The highest BCUT2D eigenvalue weighted by molar-refractivity contribution is 5.78. The molecule has 4 nitrogen and oxygen atoms in total. The molecule has 0 radical (unpaired) electrons. The summed E-state index contributed by atoms with van der Waals surface area (Å²) < 4.78 is 14.0. The van der Waals surface area contributed by atoms with Crippen molar-refractivity contribution in [3.05, 3.63) is 71.8 Å². The third-order valence-electron chi connectivity index (χ3n) is 5.10. The van der Waals surface area contributed by atoms with E-state index >= 15 is 0 Å². The number of benzene rings is 2. The minimum atomic E-state index is -1.37. The van der Waals surface area contributed by atoms with Crippen molar-refractivity contribution in [2.45, 2.75) is 63.9 Å². The van der Waals surface area contributed by atoms with Crippen molar-refractivity contribution in [2.24, 2.45) is 11.7 Å². The van der Waals surface area contributed by atoms with Crippen molar-refractivity contribution in [3.8, 4) is 0 Å². The summed E-state index contributed by atoms with van der Waals surface area (Å²) in [4.78, 5) is 12.8. The van der Waals surface area contributed by atoms with Crippen LogP contribution < -0.4 is 11.1 Å². The van der Waals surface area contributed by atoms with Gasteiger partial charge in [-0.2, -0.15) is 0 Å². The minimum Gasteiger partial charge on any atom is -0.391 e. The van der Waals surface area contributed by atoms with Gasteiger partial charge in [0.1, 0.15) is 5.67 Å². The van der Waals surface area contributed by atoms with E-state index in [4.69, 9.17) is 5.73 Å². The Balaban J connectivity index is 1.96. The maximum atomic E-state index is 14.0. The lowest BCUT2D eigenvalue weighted by Crippen LogP contribution is -2.41. The molecule has 0 unspecified atom stereocenters. The van der Waals surface area contributed by atoms with Gasteiger partial charge in [-0.15, -0.1) is 0 Å². The standard InChI is InChI=1S/C24H33FN2O2/c1-24(2,25)14-13-20(23(29)27-17-19-11-7-4-8-12-19)16-22(28)21(26)15-18-9-5-3-6-10-18/h3-12,20-22,28H,13-17,26H2,1-2H3,(H,27,29)/t20-,21-,22+/m0/s1. The third kappa shape index (κ3) is 8.75. The zero-order valence-corrected chi connectivity index (χ0v) is 17.4. The Hall–Kier alpha value is -2.24. The van der Waals surface area contributed by atoms with Gasteiger partial charge in [-0.1, -0.05) is 60.7 Å². The number of amides is 1. The largest absolute Gasteiger partial charge is 0.391 e. The Morgan fingerprint density at radius 1 is 1.07 bits per heavy atom. The van der Waals surface area contributed by atoms with Crippen molar-refractivity contribution in [1.82, 2.24) is 5.32 Å². The van der Waals surface area contributed by atoms with Crippen LogP contribution in [0.1, 0.15) is 44.2 Å². The van der Waals surface area contributed by atoms with Crippen LogP contribution >= 0.6 is 0 Å². The lowest BCUT2D eigenvalue weighted by atomic mass is 9.88. The summed E-state index contributed by atoms with van der Waals surface area (Å²) in [5, 5.41) is 13.5. The number of aliphatic hydroxyl groups is 1. The van der Waals surface area contributed by atoms with E-state index in [-0.39, 0.29) is 18.7 Å². The Morgan fingerprint density at radius 3 is 2.17 bits per heavy atom. The molecule has 0 aliphatic heterocycles. The lowest BCUT2D eigenvalue weighted by Gasteiger charge is -2.25. The Bertz CT molecular complexity index is 732. The first-order valence-electron chi connectivity index (χ1n) is 10.2. The SMILES string of the molecule is CC(C)(F)CC[C@@H](C[C@@H](O)[C@@H](N)Cc1ccccc1)C(=O)NCc1ccccc1. The molecule has 2 aromatic rings. The summed E-state index contributed by atoms with van der Waals surface area (Å²) >= 11 is 0. The van der Waals surface area contributed by atoms with Crippen molar-refractivity contribution >= 4 is 5.91 Å². The molecule has 0 spiro atoms. The average molecular weight is 401 g/mol. The molecule has 29 heavy (non-hydrogen) atoms. The monoisotopic (exact) mass is 400 g/mol. The Morgan fingerprint density at radius 2 is 1.62 bits per heavy atom. The van der Waals surface area contributed by atoms with Crippen LogP contribution in [0.25, 0.3) is 0 Å². The van der Waals surface area contributed by atoms with Crippen LogP contribution in [0.3, 0.4) is 0 Å². The second-order valence-electron chi connectivity index (χ2n) is 8.31. The number of nitrogens with two attached hydrogens (primary N) is 1. The molecule has 0 aliphatic carbocycles. The molecule has 0 aliphatic rings. The van der Waals surface area contributed by atoms with Crippen LogP contribution in [-0.2, 0) is 17.8 Å². The molecular formula is C24H33FN2O2. The summed E-state index contributed by atoms with van der Waals surface area (Å²) in [5.41, 5.74) is 6.85. The smallest absolute Gasteiger partial charge is 0.223 e. The van der Waals surface area contributed by atoms with Gasteiger partial charge in [0.05, 0.1) is 6.10 Å². The average Bonchev–Trinajstić information content (AvgIpc) is 2.70. The normalized spacial score (nSPS) is 14.8. The predicted octanol–water partition coefficient (Wildman–Crippen LogP) is 3.77. The van der Waals surface area contributed by atoms with E-state index in [0.29, 0.717) is 19.4 Å². The topological polar surface area (TPSA) is 75.3 Å². The molecule has 0 saturated heterocycles. The molecule has 0 saturated carbocycles. The van der Waals surface area contributed by atoms with Crippen LogP contribution in [0.2, 0.25) is 0 Å². The maximum Gasteiger partial charge on any atom is 0.223 e. The van der Waals surface area contributed by atoms with Crippen LogP contribution in [0, 0.1) is 5.92 Å². The molecule has 1 amide bonds. The first-order chi connectivity index (χ1) is 13.7. The Labute approximate surface area is 173 Å². The number of aliphatic hydroxyl groups excluding tert-OH is 1. The van der Waals surface area contributed by atoms with Crippen LogP contribution in [0.4, 0.5) is 4.39 Å². The number of hydrogen-bond acceptors (Lipinski definition) is 3. The highest BCUT2D eigenvalue weighted by atomic mass is 19.1. The first-order valence-corrected chi connectivity index (χ1v) is 10.2. The van der Waals surface area contributed by atoms with Crippen LogP contribution in [0.5, 0.6) is 0 Å². The predicted molar refractivity (Wildman–Crippen MR) is 115 cm³/mol. The molecule has 2 rings (SSSR count). The van der Waals surface area contributed by atoms with Gasteiger partial charge < -0.3 is 16.2 Å². The van der Waals surface area contributed by atoms with E-state index in [2.05, 4.69) is 5.32 Å². The van der Waals surface area contributed by atoms with Gasteiger partial charge in [-0.25, -0.2) is 4.39 Å². The molecule has 2 aromatic carbocycles. The molecule has 4 N–H and O–H groups in total. The molecule has 3 atom stereocenters. The summed E-state index contributed by atoms with van der Waals surface area (Å²) in [5.74, 6) is -0.672. The summed E-state index contributed by atoms with van der Waals surface area (Å²) in [6.07, 6.45) is 0.501. The van der Waals surface area contributed by atoms with Crippen molar-refractivity contribution in [2.75, 3.05) is 0 Å². The second-order valence-corrected chi connectivity index (χ2v) is 8.31. The molecule has 0 bridgehead atoms. The molecule has 5 heteroatoms. The zero-order chi connectivity index (χ0) is 21.3. The van der Waals surface area contributed by atoms with Gasteiger partial charge >= 0.3 is 0 Å². The highest BCUT2D eigenvalue weighted by Gasteiger charge is 2.28. The summed E-state index contributed by atoms with van der Waals surface area (Å²) in [6.45, 7) is 3.41. The number of nitrogens with one attached hydrogen (secondary N) is 1. The van der Waals surface area contributed by atoms with Gasteiger partial charge in [0, 0.05) is 18.5 Å². The van der Waals surface area contributed by atoms with Crippen LogP contribution in [-0.4, -0.2) is 28.8 Å². The van der Waals surface area contributed by atoms with E-state index < -0.39 is 23.7 Å². The van der Waals surface area contributed by atoms with Gasteiger partial charge in [-0.05, 0) is 50.7 Å². The maximum absolute atomic E-state index is 14.0. The van der Waals surface area contributed by atoms with Crippen LogP contribution in [0.15, 0.2) is 60.7 Å². The number of halogens is 1. The number of alkyl halides is 1. The quantitative estimate of drug-likeness (QED) is 0.537. The van der Waals surface area contributed by atoms with Gasteiger partial charge in [-0.3, -0.25) is 4.79 Å². The Kier molecular flexibility index (Phi) is 8.80.